The zero-order chi connectivity index (χ0) is 18.6. The van der Waals surface area contributed by atoms with Gasteiger partial charge in [0.25, 0.3) is 0 Å². The number of hydrogen-bond donors (Lipinski definition) is 0. The van der Waals surface area contributed by atoms with Gasteiger partial charge >= 0.3 is 0 Å². The molecule has 0 N–H and O–H groups in total. The van der Waals surface area contributed by atoms with E-state index in [9.17, 15) is 0 Å². The highest BCUT2D eigenvalue weighted by molar-refractivity contribution is 7.98. The summed E-state index contributed by atoms with van der Waals surface area (Å²) < 4.78 is 16.2. The summed E-state index contributed by atoms with van der Waals surface area (Å²) in [5, 5.41) is 12.2. The molecule has 0 amide bonds. The molecule has 0 spiro atoms. The topological polar surface area (TPSA) is 87.1 Å². The predicted molar refractivity (Wildman–Crippen MR) is 101 cm³/mol. The second kappa shape index (κ2) is 7.63. The maximum Gasteiger partial charge on any atom is 0.247 e. The Balaban J connectivity index is 1.50. The number of thioether (sulfide) groups is 1. The van der Waals surface area contributed by atoms with Crippen molar-refractivity contribution in [2.24, 2.45) is 0 Å². The van der Waals surface area contributed by atoms with Gasteiger partial charge in [0, 0.05) is 16.0 Å². The van der Waals surface area contributed by atoms with Crippen LogP contribution < -0.4 is 4.74 Å². The highest BCUT2D eigenvalue weighted by Crippen LogP contribution is 2.24. The Kier molecular flexibility index (Phi) is 4.88. The van der Waals surface area contributed by atoms with Gasteiger partial charge in [-0.05, 0) is 48.7 Å². The Bertz CT molecular complexity index is 1040. The maximum absolute atomic E-state index is 5.71. The van der Waals surface area contributed by atoms with E-state index in [0.29, 0.717) is 23.5 Å². The van der Waals surface area contributed by atoms with E-state index in [1.54, 1.807) is 18.9 Å². The summed E-state index contributed by atoms with van der Waals surface area (Å²) in [6.07, 6.45) is 2.30. The van der Waals surface area contributed by atoms with Crippen molar-refractivity contribution in [3.63, 3.8) is 0 Å². The molecular weight excluding hydrogens is 364 g/mol. The second-order valence-electron chi connectivity index (χ2n) is 5.65. The molecule has 4 rings (SSSR count). The SMILES string of the molecule is COc1cccc(-c2nnc(Cc3nc(-c4ccc(SC)cc4)no3)o2)c1. The monoisotopic (exact) mass is 380 g/mol. The second-order valence-corrected chi connectivity index (χ2v) is 6.53. The van der Waals surface area contributed by atoms with Crippen LogP contribution in [0, 0.1) is 0 Å². The third-order valence-corrected chi connectivity index (χ3v) is 4.65. The molecule has 27 heavy (non-hydrogen) atoms. The van der Waals surface area contributed by atoms with Crippen LogP contribution in [0.1, 0.15) is 11.8 Å². The van der Waals surface area contributed by atoms with E-state index in [0.717, 1.165) is 16.9 Å². The molecule has 0 unspecified atom stereocenters. The lowest BCUT2D eigenvalue weighted by atomic mass is 10.2. The Hall–Kier alpha value is -3.13. The molecule has 0 aliphatic rings. The van der Waals surface area contributed by atoms with Crippen LogP contribution in [0.2, 0.25) is 0 Å². The van der Waals surface area contributed by atoms with Gasteiger partial charge < -0.3 is 13.7 Å². The minimum absolute atomic E-state index is 0.271. The summed E-state index contributed by atoms with van der Waals surface area (Å²) >= 11 is 1.68. The number of nitrogens with zero attached hydrogens (tertiary/aromatic N) is 4. The van der Waals surface area contributed by atoms with Crippen LogP contribution in [0.4, 0.5) is 0 Å². The van der Waals surface area contributed by atoms with Gasteiger partial charge in [-0.2, -0.15) is 4.98 Å². The largest absolute Gasteiger partial charge is 0.497 e. The van der Waals surface area contributed by atoms with Crippen molar-refractivity contribution in [1.29, 1.82) is 0 Å². The van der Waals surface area contributed by atoms with E-state index in [-0.39, 0.29) is 6.42 Å². The fourth-order valence-electron chi connectivity index (χ4n) is 2.51. The van der Waals surface area contributed by atoms with Crippen molar-refractivity contribution >= 4 is 11.8 Å². The fourth-order valence-corrected chi connectivity index (χ4v) is 2.92. The lowest BCUT2D eigenvalue weighted by Gasteiger charge is -1.99. The summed E-state index contributed by atoms with van der Waals surface area (Å²) in [5.74, 6) is 2.49. The number of aromatic nitrogens is 4. The highest BCUT2D eigenvalue weighted by Gasteiger charge is 2.15. The number of methoxy groups -OCH3 is 1. The molecular formula is C19H16N4O3S. The van der Waals surface area contributed by atoms with Crippen molar-refractivity contribution in [3.05, 3.63) is 60.3 Å². The van der Waals surface area contributed by atoms with Crippen molar-refractivity contribution in [2.75, 3.05) is 13.4 Å². The smallest absolute Gasteiger partial charge is 0.247 e. The Morgan fingerprint density at radius 1 is 1.00 bits per heavy atom. The zero-order valence-electron chi connectivity index (χ0n) is 14.7. The fraction of sp³-hybridized carbons (Fsp3) is 0.158. The Morgan fingerprint density at radius 3 is 2.63 bits per heavy atom. The van der Waals surface area contributed by atoms with Crippen LogP contribution >= 0.6 is 11.8 Å². The van der Waals surface area contributed by atoms with Gasteiger partial charge in [0.15, 0.2) is 0 Å². The van der Waals surface area contributed by atoms with Crippen LogP contribution in [-0.2, 0) is 6.42 Å². The van der Waals surface area contributed by atoms with Gasteiger partial charge in [-0.25, -0.2) is 0 Å². The van der Waals surface area contributed by atoms with E-state index >= 15 is 0 Å². The summed E-state index contributed by atoms with van der Waals surface area (Å²) in [5.41, 5.74) is 1.68. The lowest BCUT2D eigenvalue weighted by molar-refractivity contribution is 0.374. The minimum atomic E-state index is 0.271. The zero-order valence-corrected chi connectivity index (χ0v) is 15.6. The standard InChI is InChI=1S/C19H16N4O3S/c1-24-14-5-3-4-13(10-14)19-22-21-17(25-19)11-16-20-18(23-26-16)12-6-8-15(27-2)9-7-12/h3-10H,11H2,1-2H3. The van der Waals surface area contributed by atoms with Crippen molar-refractivity contribution in [1.82, 2.24) is 20.3 Å². The third kappa shape index (κ3) is 3.85. The van der Waals surface area contributed by atoms with Crippen molar-refractivity contribution in [3.8, 4) is 28.6 Å². The van der Waals surface area contributed by atoms with E-state index in [4.69, 9.17) is 13.7 Å². The average Bonchev–Trinajstić information content (AvgIpc) is 3.38. The van der Waals surface area contributed by atoms with Crippen LogP contribution in [0.3, 0.4) is 0 Å². The molecule has 136 valence electrons. The Labute approximate surface area is 159 Å². The Morgan fingerprint density at radius 2 is 1.85 bits per heavy atom. The molecule has 2 aromatic carbocycles. The van der Waals surface area contributed by atoms with Crippen LogP contribution in [0.15, 0.2) is 62.4 Å². The summed E-state index contributed by atoms with van der Waals surface area (Å²) in [6.45, 7) is 0. The van der Waals surface area contributed by atoms with Gasteiger partial charge in [-0.3, -0.25) is 0 Å². The summed E-state index contributed by atoms with van der Waals surface area (Å²) in [4.78, 5) is 5.59. The quantitative estimate of drug-likeness (QED) is 0.462. The molecule has 0 fully saturated rings. The molecule has 4 aromatic rings. The number of rotatable bonds is 6. The van der Waals surface area contributed by atoms with E-state index in [1.165, 1.54) is 4.90 Å². The summed E-state index contributed by atoms with van der Waals surface area (Å²) in [6, 6.07) is 15.4. The number of benzene rings is 2. The first-order chi connectivity index (χ1) is 13.2. The lowest BCUT2D eigenvalue weighted by Crippen LogP contribution is -1.89. The van der Waals surface area contributed by atoms with E-state index < -0.39 is 0 Å². The van der Waals surface area contributed by atoms with Gasteiger partial charge in [0.1, 0.15) is 12.2 Å². The van der Waals surface area contributed by atoms with Gasteiger partial charge in [-0.15, -0.1) is 22.0 Å². The predicted octanol–water partition coefficient (Wildman–Crippen LogP) is 4.11. The molecule has 0 saturated carbocycles. The van der Waals surface area contributed by atoms with E-state index in [2.05, 4.69) is 20.3 Å². The maximum atomic E-state index is 5.71. The molecule has 0 aliphatic carbocycles. The molecule has 0 saturated heterocycles. The van der Waals surface area contributed by atoms with Crippen LogP contribution in [-0.4, -0.2) is 33.7 Å². The highest BCUT2D eigenvalue weighted by atomic mass is 32.2. The molecule has 0 atom stereocenters. The van der Waals surface area contributed by atoms with Gasteiger partial charge in [0.05, 0.1) is 7.11 Å². The van der Waals surface area contributed by atoms with Gasteiger partial charge in [-0.1, -0.05) is 11.2 Å². The first-order valence-electron chi connectivity index (χ1n) is 8.19. The van der Waals surface area contributed by atoms with Gasteiger partial charge in [0.2, 0.25) is 23.5 Å². The average molecular weight is 380 g/mol. The molecule has 8 heteroatoms. The molecule has 0 radical (unpaired) electrons. The molecule has 7 nitrogen and oxygen atoms in total. The molecule has 0 aliphatic heterocycles. The number of hydrogen-bond acceptors (Lipinski definition) is 8. The molecule has 0 bridgehead atoms. The molecule has 2 heterocycles. The van der Waals surface area contributed by atoms with Crippen LogP contribution in [0.25, 0.3) is 22.8 Å². The first-order valence-corrected chi connectivity index (χ1v) is 9.41. The van der Waals surface area contributed by atoms with Crippen molar-refractivity contribution < 1.29 is 13.7 Å². The van der Waals surface area contributed by atoms with Crippen LogP contribution in [0.5, 0.6) is 5.75 Å². The molecule has 2 aromatic heterocycles. The summed E-state index contributed by atoms with van der Waals surface area (Å²) in [7, 11) is 1.61. The first kappa shape index (κ1) is 17.3. The minimum Gasteiger partial charge on any atom is -0.497 e. The normalized spacial score (nSPS) is 10.9. The van der Waals surface area contributed by atoms with E-state index in [1.807, 2.05) is 54.8 Å². The number of ether oxygens (including phenoxy) is 1. The van der Waals surface area contributed by atoms with Crippen molar-refractivity contribution in [2.45, 2.75) is 11.3 Å². The third-order valence-electron chi connectivity index (χ3n) is 3.90.